The molecular formula is C19H25N3O3. The summed E-state index contributed by atoms with van der Waals surface area (Å²) in [6, 6.07) is 7.51. The highest BCUT2D eigenvalue weighted by molar-refractivity contribution is 5.76. The first kappa shape index (κ1) is 16.7. The summed E-state index contributed by atoms with van der Waals surface area (Å²) >= 11 is 0. The van der Waals surface area contributed by atoms with Gasteiger partial charge in [0.15, 0.2) is 5.79 Å². The highest BCUT2D eigenvalue weighted by atomic mass is 16.7. The molecule has 0 amide bonds. The number of likely N-dealkylation sites (tertiary alicyclic amines) is 1. The van der Waals surface area contributed by atoms with Crippen molar-refractivity contribution in [1.82, 2.24) is 14.5 Å². The number of rotatable bonds is 5. The number of hydrogen-bond donors (Lipinski definition) is 0. The van der Waals surface area contributed by atoms with E-state index >= 15 is 0 Å². The van der Waals surface area contributed by atoms with Gasteiger partial charge in [-0.2, -0.15) is 0 Å². The van der Waals surface area contributed by atoms with E-state index in [1.807, 2.05) is 24.3 Å². The molecule has 2 saturated heterocycles. The molecule has 0 aliphatic carbocycles. The van der Waals surface area contributed by atoms with Crippen molar-refractivity contribution >= 4 is 10.9 Å². The van der Waals surface area contributed by atoms with E-state index in [4.69, 9.17) is 9.47 Å². The molecule has 2 fully saturated rings. The van der Waals surface area contributed by atoms with Crippen LogP contribution in [0.2, 0.25) is 0 Å². The predicted octanol–water partition coefficient (Wildman–Crippen LogP) is 2.02. The lowest BCUT2D eigenvalue weighted by Gasteiger charge is -2.37. The van der Waals surface area contributed by atoms with Crippen LogP contribution in [0.4, 0.5) is 0 Å². The van der Waals surface area contributed by atoms with Gasteiger partial charge < -0.3 is 14.4 Å². The second-order valence-corrected chi connectivity index (χ2v) is 6.92. The number of fused-ring (bicyclic) bond motifs is 1. The molecule has 0 N–H and O–H groups in total. The van der Waals surface area contributed by atoms with Crippen LogP contribution < -0.4 is 5.56 Å². The highest BCUT2D eigenvalue weighted by Gasteiger charge is 2.39. The van der Waals surface area contributed by atoms with E-state index in [0.717, 1.165) is 70.6 Å². The third-order valence-corrected chi connectivity index (χ3v) is 5.29. The van der Waals surface area contributed by atoms with E-state index in [0.29, 0.717) is 5.39 Å². The first-order valence-corrected chi connectivity index (χ1v) is 9.20. The second-order valence-electron chi connectivity index (χ2n) is 6.92. The van der Waals surface area contributed by atoms with Crippen LogP contribution in [0.1, 0.15) is 25.7 Å². The van der Waals surface area contributed by atoms with Crippen molar-refractivity contribution in [3.05, 3.63) is 40.9 Å². The number of para-hydroxylation sites is 1. The zero-order chi connectivity index (χ0) is 17.1. The van der Waals surface area contributed by atoms with Gasteiger partial charge in [-0.05, 0) is 31.5 Å². The van der Waals surface area contributed by atoms with Gasteiger partial charge in [-0.15, -0.1) is 0 Å². The Morgan fingerprint density at radius 1 is 1.04 bits per heavy atom. The number of unbranched alkanes of at least 4 members (excludes halogenated alkanes) is 1. The van der Waals surface area contributed by atoms with Crippen LogP contribution in [0, 0.1) is 0 Å². The molecule has 0 radical (unpaired) electrons. The minimum Gasteiger partial charge on any atom is -0.347 e. The number of nitrogens with zero attached hydrogens (tertiary/aromatic N) is 3. The third kappa shape index (κ3) is 3.61. The van der Waals surface area contributed by atoms with Gasteiger partial charge in [0, 0.05) is 32.5 Å². The van der Waals surface area contributed by atoms with E-state index < -0.39 is 0 Å². The third-order valence-electron chi connectivity index (χ3n) is 5.29. The topological polar surface area (TPSA) is 56.6 Å². The molecular weight excluding hydrogens is 318 g/mol. The molecule has 1 aromatic heterocycles. The van der Waals surface area contributed by atoms with Gasteiger partial charge >= 0.3 is 0 Å². The fourth-order valence-corrected chi connectivity index (χ4v) is 3.79. The van der Waals surface area contributed by atoms with Crippen molar-refractivity contribution < 1.29 is 9.47 Å². The van der Waals surface area contributed by atoms with Crippen LogP contribution in [0.25, 0.3) is 10.9 Å². The molecule has 1 aromatic carbocycles. The van der Waals surface area contributed by atoms with E-state index in [-0.39, 0.29) is 11.3 Å². The minimum absolute atomic E-state index is 0.0565. The van der Waals surface area contributed by atoms with Crippen molar-refractivity contribution in [2.45, 2.75) is 38.0 Å². The molecule has 25 heavy (non-hydrogen) atoms. The first-order chi connectivity index (χ1) is 12.3. The Balaban J connectivity index is 1.25. The maximum absolute atomic E-state index is 12.5. The second kappa shape index (κ2) is 7.23. The van der Waals surface area contributed by atoms with E-state index in [1.165, 1.54) is 0 Å². The SMILES string of the molecule is O=c1c2ccccc2ncn1CCCCN1CCC2(CC1)OCCO2. The van der Waals surface area contributed by atoms with Crippen LogP contribution in [0.3, 0.4) is 0 Å². The summed E-state index contributed by atoms with van der Waals surface area (Å²) in [6.45, 7) is 5.30. The number of ether oxygens (including phenoxy) is 2. The molecule has 0 bridgehead atoms. The smallest absolute Gasteiger partial charge is 0.261 e. The number of hydrogen-bond acceptors (Lipinski definition) is 5. The Morgan fingerprint density at radius 3 is 2.56 bits per heavy atom. The summed E-state index contributed by atoms with van der Waals surface area (Å²) in [5.74, 6) is -0.291. The molecule has 2 aliphatic heterocycles. The Morgan fingerprint density at radius 2 is 1.76 bits per heavy atom. The molecule has 0 saturated carbocycles. The average Bonchev–Trinajstić information content (AvgIpc) is 3.10. The van der Waals surface area contributed by atoms with E-state index in [1.54, 1.807) is 10.9 Å². The van der Waals surface area contributed by atoms with Gasteiger partial charge in [-0.25, -0.2) is 4.98 Å². The van der Waals surface area contributed by atoms with Crippen LogP contribution in [0.15, 0.2) is 35.4 Å². The van der Waals surface area contributed by atoms with Crippen molar-refractivity contribution in [2.24, 2.45) is 0 Å². The maximum Gasteiger partial charge on any atom is 0.261 e. The highest BCUT2D eigenvalue weighted by Crippen LogP contribution is 2.31. The zero-order valence-corrected chi connectivity index (χ0v) is 14.5. The summed E-state index contributed by atoms with van der Waals surface area (Å²) in [4.78, 5) is 19.3. The van der Waals surface area contributed by atoms with Gasteiger partial charge in [-0.1, -0.05) is 12.1 Å². The molecule has 6 heteroatoms. The number of aromatic nitrogens is 2. The van der Waals surface area contributed by atoms with Gasteiger partial charge in [0.2, 0.25) is 0 Å². The monoisotopic (exact) mass is 343 g/mol. The zero-order valence-electron chi connectivity index (χ0n) is 14.5. The average molecular weight is 343 g/mol. The summed E-state index contributed by atoms with van der Waals surface area (Å²) in [7, 11) is 0. The first-order valence-electron chi connectivity index (χ1n) is 9.20. The van der Waals surface area contributed by atoms with Crippen LogP contribution >= 0.6 is 0 Å². The Kier molecular flexibility index (Phi) is 4.83. The summed E-state index contributed by atoms with van der Waals surface area (Å²) in [5, 5.41) is 0.697. The van der Waals surface area contributed by atoms with E-state index in [9.17, 15) is 4.79 Å². The lowest BCUT2D eigenvalue weighted by molar-refractivity contribution is -0.185. The lowest BCUT2D eigenvalue weighted by atomic mass is 10.0. The Labute approximate surface area is 147 Å². The van der Waals surface area contributed by atoms with Gasteiger partial charge in [0.25, 0.3) is 5.56 Å². The molecule has 1 spiro atoms. The quantitative estimate of drug-likeness (QED) is 0.778. The fraction of sp³-hybridized carbons (Fsp3) is 0.579. The summed E-state index contributed by atoms with van der Waals surface area (Å²) in [5.41, 5.74) is 0.823. The Hall–Kier alpha value is -1.76. The van der Waals surface area contributed by atoms with Crippen molar-refractivity contribution in [3.8, 4) is 0 Å². The summed E-state index contributed by atoms with van der Waals surface area (Å²) < 4.78 is 13.3. The van der Waals surface area contributed by atoms with Crippen LogP contribution in [-0.4, -0.2) is 53.1 Å². The number of aryl methyl sites for hydroxylation is 1. The maximum atomic E-state index is 12.5. The number of piperidine rings is 1. The molecule has 134 valence electrons. The summed E-state index contributed by atoms with van der Waals surface area (Å²) in [6.07, 6.45) is 5.65. The van der Waals surface area contributed by atoms with Crippen molar-refractivity contribution in [3.63, 3.8) is 0 Å². The normalized spacial score (nSPS) is 20.5. The molecule has 4 rings (SSSR count). The van der Waals surface area contributed by atoms with Gasteiger partial charge in [-0.3, -0.25) is 9.36 Å². The van der Waals surface area contributed by atoms with E-state index in [2.05, 4.69) is 9.88 Å². The van der Waals surface area contributed by atoms with Crippen molar-refractivity contribution in [1.29, 1.82) is 0 Å². The van der Waals surface area contributed by atoms with Crippen LogP contribution in [0.5, 0.6) is 0 Å². The van der Waals surface area contributed by atoms with Crippen molar-refractivity contribution in [2.75, 3.05) is 32.8 Å². The predicted molar refractivity (Wildman–Crippen MR) is 95.5 cm³/mol. The minimum atomic E-state index is -0.291. The molecule has 6 nitrogen and oxygen atoms in total. The van der Waals surface area contributed by atoms with Gasteiger partial charge in [0.05, 0.1) is 30.4 Å². The number of benzene rings is 1. The standard InChI is InChI=1S/C19H25N3O3/c23-18-16-5-1-2-6-17(16)20-15-22(18)10-4-3-9-21-11-7-19(8-12-21)24-13-14-25-19/h1-2,5-6,15H,3-4,7-14H2. The Bertz CT molecular complexity index is 773. The van der Waals surface area contributed by atoms with Crippen LogP contribution in [-0.2, 0) is 16.0 Å². The largest absolute Gasteiger partial charge is 0.347 e. The fourth-order valence-electron chi connectivity index (χ4n) is 3.79. The molecule has 3 heterocycles. The molecule has 2 aliphatic rings. The van der Waals surface area contributed by atoms with Gasteiger partial charge in [0.1, 0.15) is 0 Å². The molecule has 0 unspecified atom stereocenters. The lowest BCUT2D eigenvalue weighted by Crippen LogP contribution is -2.45. The molecule has 0 atom stereocenters. The molecule has 2 aromatic rings.